The Hall–Kier alpha value is -2.70. The van der Waals surface area contributed by atoms with Gasteiger partial charge < -0.3 is 10.4 Å². The highest BCUT2D eigenvalue weighted by atomic mass is 16.4. The van der Waals surface area contributed by atoms with Crippen LogP contribution in [0.5, 0.6) is 0 Å². The van der Waals surface area contributed by atoms with Gasteiger partial charge in [0.15, 0.2) is 5.69 Å². The van der Waals surface area contributed by atoms with Gasteiger partial charge in [0.05, 0.1) is 11.9 Å². The highest BCUT2D eigenvalue weighted by Crippen LogP contribution is 2.17. The SMILES string of the molecule is CCC(CC)CC(=O)Nc1cccc(-n2cc(C(=O)O)nn2)c1. The smallest absolute Gasteiger partial charge is 0.358 e. The summed E-state index contributed by atoms with van der Waals surface area (Å²) in [5, 5.41) is 19.1. The molecule has 1 heterocycles. The van der Waals surface area contributed by atoms with E-state index in [2.05, 4.69) is 29.5 Å². The first-order chi connectivity index (χ1) is 11.0. The lowest BCUT2D eigenvalue weighted by Gasteiger charge is -2.12. The van der Waals surface area contributed by atoms with Crippen molar-refractivity contribution in [2.24, 2.45) is 5.92 Å². The first-order valence-corrected chi connectivity index (χ1v) is 7.59. The molecular formula is C16H20N4O3. The Morgan fingerprint density at radius 2 is 2.04 bits per heavy atom. The number of carboxylic acid groups (broad SMARTS) is 1. The lowest BCUT2D eigenvalue weighted by atomic mass is 9.99. The summed E-state index contributed by atoms with van der Waals surface area (Å²) >= 11 is 0. The number of amides is 1. The normalized spacial score (nSPS) is 10.7. The molecule has 1 aromatic heterocycles. The van der Waals surface area contributed by atoms with Gasteiger partial charge in [-0.05, 0) is 24.1 Å². The molecule has 1 amide bonds. The number of aromatic carboxylic acids is 1. The Morgan fingerprint density at radius 1 is 1.30 bits per heavy atom. The molecule has 0 unspecified atom stereocenters. The fourth-order valence-electron chi connectivity index (χ4n) is 2.27. The molecule has 0 aliphatic rings. The summed E-state index contributed by atoms with van der Waals surface area (Å²) in [6.45, 7) is 4.15. The molecule has 0 bridgehead atoms. The van der Waals surface area contributed by atoms with Crippen LogP contribution in [0, 0.1) is 5.92 Å². The van der Waals surface area contributed by atoms with Crippen LogP contribution in [-0.2, 0) is 4.79 Å². The summed E-state index contributed by atoms with van der Waals surface area (Å²) in [4.78, 5) is 22.9. The summed E-state index contributed by atoms with van der Waals surface area (Å²) in [6, 6.07) is 7.04. The van der Waals surface area contributed by atoms with E-state index in [4.69, 9.17) is 5.11 Å². The first-order valence-electron chi connectivity index (χ1n) is 7.59. The average molecular weight is 316 g/mol. The molecule has 0 spiro atoms. The third kappa shape index (κ3) is 4.38. The van der Waals surface area contributed by atoms with E-state index in [0.717, 1.165) is 12.8 Å². The Morgan fingerprint density at radius 3 is 2.65 bits per heavy atom. The van der Waals surface area contributed by atoms with Crippen molar-refractivity contribution in [3.05, 3.63) is 36.2 Å². The van der Waals surface area contributed by atoms with Crippen LogP contribution in [0.1, 0.15) is 43.6 Å². The quantitative estimate of drug-likeness (QED) is 0.818. The molecule has 23 heavy (non-hydrogen) atoms. The van der Waals surface area contributed by atoms with Gasteiger partial charge in [0.25, 0.3) is 0 Å². The number of rotatable bonds is 7. The second-order valence-electron chi connectivity index (χ2n) is 5.34. The van der Waals surface area contributed by atoms with E-state index in [-0.39, 0.29) is 11.6 Å². The summed E-state index contributed by atoms with van der Waals surface area (Å²) < 4.78 is 1.36. The molecular weight excluding hydrogens is 296 g/mol. The van der Waals surface area contributed by atoms with Crippen LogP contribution < -0.4 is 5.32 Å². The average Bonchev–Trinajstić information content (AvgIpc) is 3.03. The molecule has 2 aromatic rings. The number of hydrogen-bond donors (Lipinski definition) is 2. The molecule has 0 aliphatic heterocycles. The Bertz CT molecular complexity index is 692. The summed E-state index contributed by atoms with van der Waals surface area (Å²) in [5.41, 5.74) is 1.14. The number of nitrogens with zero attached hydrogens (tertiary/aromatic N) is 3. The van der Waals surface area contributed by atoms with E-state index < -0.39 is 5.97 Å². The van der Waals surface area contributed by atoms with Gasteiger partial charge in [-0.1, -0.05) is 38.0 Å². The molecule has 7 heteroatoms. The third-order valence-electron chi connectivity index (χ3n) is 3.74. The molecule has 0 aliphatic carbocycles. The van der Waals surface area contributed by atoms with Gasteiger partial charge in [0.1, 0.15) is 0 Å². The Labute approximate surface area is 134 Å². The fraction of sp³-hybridized carbons (Fsp3) is 0.375. The number of hydrogen-bond acceptors (Lipinski definition) is 4. The predicted octanol–water partition coefficient (Wildman–Crippen LogP) is 2.73. The molecule has 7 nitrogen and oxygen atoms in total. The summed E-state index contributed by atoms with van der Waals surface area (Å²) in [5.74, 6) is -0.779. The zero-order valence-corrected chi connectivity index (χ0v) is 13.2. The highest BCUT2D eigenvalue weighted by Gasteiger charge is 2.12. The van der Waals surface area contributed by atoms with Gasteiger partial charge in [-0.3, -0.25) is 4.79 Å². The van der Waals surface area contributed by atoms with Crippen molar-refractivity contribution in [1.29, 1.82) is 0 Å². The Balaban J connectivity index is 2.10. The standard InChI is InChI=1S/C16H20N4O3/c1-3-11(4-2)8-15(21)17-12-6-5-7-13(9-12)20-10-14(16(22)23)18-19-20/h5-7,9-11H,3-4,8H2,1-2H3,(H,17,21)(H,22,23). The minimum Gasteiger partial charge on any atom is -0.476 e. The van der Waals surface area contributed by atoms with Gasteiger partial charge >= 0.3 is 5.97 Å². The van der Waals surface area contributed by atoms with Crippen LogP contribution in [-0.4, -0.2) is 32.0 Å². The van der Waals surface area contributed by atoms with Crippen molar-refractivity contribution in [2.45, 2.75) is 33.1 Å². The van der Waals surface area contributed by atoms with E-state index in [1.54, 1.807) is 24.3 Å². The lowest BCUT2D eigenvalue weighted by molar-refractivity contribution is -0.117. The fourth-order valence-corrected chi connectivity index (χ4v) is 2.27. The number of benzene rings is 1. The van der Waals surface area contributed by atoms with Gasteiger partial charge in [0.2, 0.25) is 5.91 Å². The van der Waals surface area contributed by atoms with E-state index in [1.807, 2.05) is 0 Å². The molecule has 0 fully saturated rings. The van der Waals surface area contributed by atoms with Crippen LogP contribution in [0.2, 0.25) is 0 Å². The van der Waals surface area contributed by atoms with Gasteiger partial charge in [-0.2, -0.15) is 0 Å². The maximum Gasteiger partial charge on any atom is 0.358 e. The van der Waals surface area contributed by atoms with Gasteiger partial charge in [-0.15, -0.1) is 5.10 Å². The third-order valence-corrected chi connectivity index (χ3v) is 3.74. The largest absolute Gasteiger partial charge is 0.476 e. The number of carbonyl (C=O) groups excluding carboxylic acids is 1. The van der Waals surface area contributed by atoms with Crippen LogP contribution >= 0.6 is 0 Å². The highest BCUT2D eigenvalue weighted by molar-refractivity contribution is 5.91. The van der Waals surface area contributed by atoms with Crippen LogP contribution in [0.3, 0.4) is 0 Å². The topological polar surface area (TPSA) is 97.1 Å². The maximum absolute atomic E-state index is 12.1. The molecule has 2 rings (SSSR count). The minimum absolute atomic E-state index is 0.0272. The van der Waals surface area contributed by atoms with Crippen LogP contribution in [0.15, 0.2) is 30.5 Å². The van der Waals surface area contributed by atoms with Crippen molar-refractivity contribution in [3.8, 4) is 5.69 Å². The molecule has 2 N–H and O–H groups in total. The van der Waals surface area contributed by atoms with Crippen molar-refractivity contribution < 1.29 is 14.7 Å². The van der Waals surface area contributed by atoms with E-state index in [1.165, 1.54) is 10.9 Å². The monoisotopic (exact) mass is 316 g/mol. The van der Waals surface area contributed by atoms with E-state index >= 15 is 0 Å². The zero-order chi connectivity index (χ0) is 16.8. The van der Waals surface area contributed by atoms with Gasteiger partial charge in [0, 0.05) is 12.1 Å². The van der Waals surface area contributed by atoms with E-state index in [0.29, 0.717) is 23.7 Å². The summed E-state index contributed by atoms with van der Waals surface area (Å²) in [7, 11) is 0. The number of anilines is 1. The molecule has 1 aromatic carbocycles. The zero-order valence-electron chi connectivity index (χ0n) is 13.2. The van der Waals surface area contributed by atoms with Crippen LogP contribution in [0.25, 0.3) is 5.69 Å². The molecule has 0 atom stereocenters. The van der Waals surface area contributed by atoms with Crippen molar-refractivity contribution in [1.82, 2.24) is 15.0 Å². The summed E-state index contributed by atoms with van der Waals surface area (Å²) in [6.07, 6.45) is 3.76. The maximum atomic E-state index is 12.1. The van der Waals surface area contributed by atoms with Crippen molar-refractivity contribution in [2.75, 3.05) is 5.32 Å². The van der Waals surface area contributed by atoms with Crippen LogP contribution in [0.4, 0.5) is 5.69 Å². The number of carboxylic acids is 1. The second-order valence-corrected chi connectivity index (χ2v) is 5.34. The lowest BCUT2D eigenvalue weighted by Crippen LogP contribution is -2.16. The molecule has 0 saturated carbocycles. The minimum atomic E-state index is -1.13. The predicted molar refractivity (Wildman–Crippen MR) is 85.6 cm³/mol. The number of carbonyl (C=O) groups is 2. The molecule has 0 saturated heterocycles. The number of nitrogens with one attached hydrogen (secondary N) is 1. The van der Waals surface area contributed by atoms with Crippen molar-refractivity contribution in [3.63, 3.8) is 0 Å². The molecule has 122 valence electrons. The van der Waals surface area contributed by atoms with Crippen molar-refractivity contribution >= 4 is 17.6 Å². The van der Waals surface area contributed by atoms with E-state index in [9.17, 15) is 9.59 Å². The molecule has 0 radical (unpaired) electrons. The number of aromatic nitrogens is 3. The Kier molecular flexibility index (Phi) is 5.46. The second kappa shape index (κ2) is 7.53. The first kappa shape index (κ1) is 16.7. The van der Waals surface area contributed by atoms with Gasteiger partial charge in [-0.25, -0.2) is 9.48 Å².